The first-order valence-corrected chi connectivity index (χ1v) is 12.1. The lowest BCUT2D eigenvalue weighted by Gasteiger charge is -2.09. The molecule has 0 unspecified atom stereocenters. The highest BCUT2D eigenvalue weighted by Crippen LogP contribution is 2.32. The van der Waals surface area contributed by atoms with Crippen LogP contribution in [0.4, 0.5) is 0 Å². The van der Waals surface area contributed by atoms with Crippen molar-refractivity contribution >= 4 is 32.8 Å². The fourth-order valence-corrected chi connectivity index (χ4v) is 3.90. The average Bonchev–Trinajstić information content (AvgIpc) is 3.52. The quantitative estimate of drug-likeness (QED) is 0.186. The van der Waals surface area contributed by atoms with Gasteiger partial charge in [0.1, 0.15) is 22.1 Å². The summed E-state index contributed by atoms with van der Waals surface area (Å²) in [6.07, 6.45) is 0. The number of fused-ring (bicyclic) bond motifs is 6. The summed E-state index contributed by atoms with van der Waals surface area (Å²) in [6, 6.07) is 8.06. The maximum atomic E-state index is 5.74. The molecule has 0 atom stereocenters. The Morgan fingerprint density at radius 2 is 0.944 bits per heavy atom. The first-order valence-electron chi connectivity index (χ1n) is 12.1. The predicted octanol–water partition coefficient (Wildman–Crippen LogP) is 1.69. The molecule has 0 bridgehead atoms. The Labute approximate surface area is 209 Å². The van der Waals surface area contributed by atoms with E-state index < -0.39 is 0 Å². The number of benzene rings is 2. The molecule has 2 aromatic heterocycles. The van der Waals surface area contributed by atoms with Crippen LogP contribution in [-0.4, -0.2) is 110 Å². The van der Waals surface area contributed by atoms with Crippen LogP contribution in [0.5, 0.6) is 0 Å². The van der Waals surface area contributed by atoms with Crippen LogP contribution >= 0.6 is 0 Å². The van der Waals surface area contributed by atoms with Gasteiger partial charge in [-0.05, 0) is 0 Å². The van der Waals surface area contributed by atoms with Crippen LogP contribution in [0.15, 0.2) is 24.3 Å². The van der Waals surface area contributed by atoms with Crippen LogP contribution < -0.4 is 0 Å². The van der Waals surface area contributed by atoms with E-state index in [9.17, 15) is 0 Å². The maximum absolute atomic E-state index is 5.74. The van der Waals surface area contributed by atoms with Crippen LogP contribution in [0.25, 0.3) is 32.8 Å². The van der Waals surface area contributed by atoms with Crippen molar-refractivity contribution in [2.75, 3.05) is 80.3 Å². The van der Waals surface area contributed by atoms with E-state index in [1.54, 1.807) is 14.2 Å². The maximum Gasteiger partial charge on any atom is 0.123 e. The first kappa shape index (κ1) is 26.3. The van der Waals surface area contributed by atoms with Crippen molar-refractivity contribution in [1.29, 1.82) is 0 Å². The van der Waals surface area contributed by atoms with E-state index in [-0.39, 0.29) is 0 Å². The molecule has 0 spiro atoms. The fourth-order valence-electron chi connectivity index (χ4n) is 3.90. The van der Waals surface area contributed by atoms with E-state index in [0.29, 0.717) is 79.2 Å². The van der Waals surface area contributed by atoms with Crippen molar-refractivity contribution in [3.63, 3.8) is 0 Å². The lowest BCUT2D eigenvalue weighted by molar-refractivity contribution is 0.0225. The third-order valence-electron chi connectivity index (χ3n) is 5.63. The number of aromatic nitrogens is 6. The molecule has 0 aliphatic heterocycles. The minimum Gasteiger partial charge on any atom is -0.382 e. The van der Waals surface area contributed by atoms with Gasteiger partial charge in [0, 0.05) is 25.0 Å². The highest BCUT2D eigenvalue weighted by atomic mass is 16.5. The summed E-state index contributed by atoms with van der Waals surface area (Å²) in [5.41, 5.74) is 3.40. The van der Waals surface area contributed by atoms with Gasteiger partial charge in [-0.2, -0.15) is 0 Å². The van der Waals surface area contributed by atoms with Gasteiger partial charge in [0.05, 0.1) is 79.2 Å². The van der Waals surface area contributed by atoms with Gasteiger partial charge in [0.2, 0.25) is 0 Å². The van der Waals surface area contributed by atoms with Crippen molar-refractivity contribution < 1.29 is 28.4 Å². The minimum atomic E-state index is 0.480. The van der Waals surface area contributed by atoms with Gasteiger partial charge in [-0.1, -0.05) is 34.7 Å². The molecule has 0 fully saturated rings. The Morgan fingerprint density at radius 1 is 0.556 bits per heavy atom. The highest BCUT2D eigenvalue weighted by molar-refractivity contribution is 6.20. The van der Waals surface area contributed by atoms with E-state index >= 15 is 0 Å². The molecular formula is C24H34N6O6. The van der Waals surface area contributed by atoms with Crippen LogP contribution in [0.1, 0.15) is 0 Å². The highest BCUT2D eigenvalue weighted by Gasteiger charge is 2.19. The molecule has 36 heavy (non-hydrogen) atoms. The fraction of sp³-hybridized carbons (Fsp3) is 0.583. The van der Waals surface area contributed by atoms with E-state index in [1.165, 1.54) is 0 Å². The van der Waals surface area contributed by atoms with Gasteiger partial charge in [0.25, 0.3) is 0 Å². The lowest BCUT2D eigenvalue weighted by Crippen LogP contribution is -2.14. The topological polar surface area (TPSA) is 117 Å². The summed E-state index contributed by atoms with van der Waals surface area (Å²) in [5.74, 6) is 0. The second-order valence-corrected chi connectivity index (χ2v) is 8.00. The largest absolute Gasteiger partial charge is 0.382 e. The molecule has 2 aromatic carbocycles. The molecule has 0 amide bonds. The number of hydrogen-bond donors (Lipinski definition) is 0. The standard InChI is InChI=1S/C24H34N6O6/c1-31-11-13-35-17-15-33-9-7-29-23-21(25-27-29)19-5-3-4-6-20(19)22-24(23)30(28-26-22)8-10-34-16-18-36-14-12-32-2/h3-6H,7-18H2,1-2H3. The molecule has 0 saturated carbocycles. The van der Waals surface area contributed by atoms with Gasteiger partial charge in [-0.25, -0.2) is 9.36 Å². The molecule has 4 aromatic rings. The molecule has 0 radical (unpaired) electrons. The number of rotatable bonds is 18. The predicted molar refractivity (Wildman–Crippen MR) is 133 cm³/mol. The van der Waals surface area contributed by atoms with Crippen LogP contribution in [0, 0.1) is 0 Å². The van der Waals surface area contributed by atoms with Crippen LogP contribution in [0.2, 0.25) is 0 Å². The second kappa shape index (κ2) is 14.1. The number of ether oxygens (including phenoxy) is 6. The summed E-state index contributed by atoms with van der Waals surface area (Å²) < 4.78 is 36.0. The molecule has 2 heterocycles. The molecular weight excluding hydrogens is 468 g/mol. The summed E-state index contributed by atoms with van der Waals surface area (Å²) in [6.45, 7) is 6.34. The van der Waals surface area contributed by atoms with Gasteiger partial charge >= 0.3 is 0 Å². The Bertz CT molecular complexity index is 1120. The molecule has 4 rings (SSSR count). The minimum absolute atomic E-state index is 0.480. The Morgan fingerprint density at radius 3 is 1.36 bits per heavy atom. The van der Waals surface area contributed by atoms with Crippen molar-refractivity contribution in [1.82, 2.24) is 30.0 Å². The Hall–Kier alpha value is -2.74. The summed E-state index contributed by atoms with van der Waals surface area (Å²) in [7, 11) is 3.30. The van der Waals surface area contributed by atoms with E-state index in [1.807, 2.05) is 33.6 Å². The third kappa shape index (κ3) is 6.52. The Kier molecular flexibility index (Phi) is 10.3. The van der Waals surface area contributed by atoms with E-state index in [4.69, 9.17) is 28.4 Å². The van der Waals surface area contributed by atoms with Gasteiger partial charge in [-0.3, -0.25) is 0 Å². The SMILES string of the molecule is COCCOCCOCCn1nnc2c3ccccc3c3nnn(CCOCCOCCOC)c3c21. The van der Waals surface area contributed by atoms with Crippen molar-refractivity contribution in [3.05, 3.63) is 24.3 Å². The van der Waals surface area contributed by atoms with Gasteiger partial charge < -0.3 is 28.4 Å². The molecule has 12 heteroatoms. The number of nitrogens with zero attached hydrogens (tertiary/aromatic N) is 6. The smallest absolute Gasteiger partial charge is 0.123 e. The molecule has 0 saturated heterocycles. The summed E-state index contributed by atoms with van der Waals surface area (Å²) in [5, 5.41) is 19.9. The Balaban J connectivity index is 1.46. The average molecular weight is 503 g/mol. The van der Waals surface area contributed by atoms with Crippen molar-refractivity contribution in [3.8, 4) is 0 Å². The second-order valence-electron chi connectivity index (χ2n) is 8.00. The molecule has 0 aliphatic rings. The van der Waals surface area contributed by atoms with Crippen molar-refractivity contribution in [2.45, 2.75) is 13.1 Å². The molecule has 0 N–H and O–H groups in total. The normalized spacial score (nSPS) is 11.9. The molecule has 0 aliphatic carbocycles. The third-order valence-corrected chi connectivity index (χ3v) is 5.63. The van der Waals surface area contributed by atoms with E-state index in [0.717, 1.165) is 32.8 Å². The van der Waals surface area contributed by atoms with Crippen LogP contribution in [0.3, 0.4) is 0 Å². The van der Waals surface area contributed by atoms with E-state index in [2.05, 4.69) is 20.6 Å². The molecule has 196 valence electrons. The first-order chi connectivity index (χ1) is 17.8. The monoisotopic (exact) mass is 502 g/mol. The van der Waals surface area contributed by atoms with Crippen molar-refractivity contribution in [2.24, 2.45) is 0 Å². The lowest BCUT2D eigenvalue weighted by atomic mass is 10.1. The number of hydrogen-bond acceptors (Lipinski definition) is 10. The zero-order chi connectivity index (χ0) is 25.0. The summed E-state index contributed by atoms with van der Waals surface area (Å²) in [4.78, 5) is 0. The van der Waals surface area contributed by atoms with Crippen LogP contribution in [-0.2, 0) is 41.5 Å². The van der Waals surface area contributed by atoms with Gasteiger partial charge in [-0.15, -0.1) is 10.2 Å². The number of methoxy groups -OCH3 is 2. The molecule has 12 nitrogen and oxygen atoms in total. The zero-order valence-electron chi connectivity index (χ0n) is 20.9. The zero-order valence-corrected chi connectivity index (χ0v) is 20.9. The van der Waals surface area contributed by atoms with Gasteiger partial charge in [0.15, 0.2) is 0 Å². The summed E-state index contributed by atoms with van der Waals surface area (Å²) >= 11 is 0.